The molecule has 250 valence electrons. The summed E-state index contributed by atoms with van der Waals surface area (Å²) in [6, 6.07) is 0. The molecule has 0 heterocycles. The summed E-state index contributed by atoms with van der Waals surface area (Å²) >= 11 is 0. The van der Waals surface area contributed by atoms with Gasteiger partial charge in [0.15, 0.2) is 0 Å². The minimum Gasteiger partial charge on any atom is -0.462 e. The van der Waals surface area contributed by atoms with Gasteiger partial charge in [0.2, 0.25) is 0 Å². The van der Waals surface area contributed by atoms with Gasteiger partial charge in [-0.05, 0) is 19.3 Å². The van der Waals surface area contributed by atoms with Crippen molar-refractivity contribution in [3.05, 3.63) is 12.2 Å². The summed E-state index contributed by atoms with van der Waals surface area (Å²) < 4.78 is 5.13. The summed E-state index contributed by atoms with van der Waals surface area (Å²) in [7, 11) is 0. The second kappa shape index (κ2) is 34.7. The van der Waals surface area contributed by atoms with Crippen LogP contribution in [0.1, 0.15) is 226 Å². The maximum Gasteiger partial charge on any atom is 0.333 e. The number of hydrogen-bond donors (Lipinski definition) is 0. The van der Waals surface area contributed by atoms with Crippen LogP contribution in [0.5, 0.6) is 0 Å². The predicted octanol–water partition coefficient (Wildman–Crippen LogP) is 14.2. The van der Waals surface area contributed by atoms with E-state index in [2.05, 4.69) is 20.4 Å². The average molecular weight is 591 g/mol. The Hall–Kier alpha value is -0.790. The fraction of sp³-hybridized carbons (Fsp3) is 0.925. The van der Waals surface area contributed by atoms with E-state index in [9.17, 15) is 4.79 Å². The fourth-order valence-corrected chi connectivity index (χ4v) is 6.07. The molecule has 0 amide bonds. The first-order valence-electron chi connectivity index (χ1n) is 19.4. The molecule has 0 aliphatic rings. The Morgan fingerprint density at radius 1 is 0.429 bits per heavy atom. The molecule has 0 atom stereocenters. The van der Waals surface area contributed by atoms with Crippen molar-refractivity contribution in [1.29, 1.82) is 0 Å². The second-order valence-electron chi connectivity index (χ2n) is 14.1. The second-order valence-corrected chi connectivity index (χ2v) is 14.1. The lowest BCUT2D eigenvalue weighted by molar-refractivity contribution is -0.139. The Morgan fingerprint density at radius 2 is 0.643 bits per heavy atom. The van der Waals surface area contributed by atoms with Gasteiger partial charge in [0.25, 0.3) is 0 Å². The maximum atomic E-state index is 11.3. The van der Waals surface area contributed by atoms with Crippen LogP contribution in [0.25, 0.3) is 0 Å². The van der Waals surface area contributed by atoms with Crippen LogP contribution in [0, 0.1) is 5.92 Å². The van der Waals surface area contributed by atoms with Crippen LogP contribution < -0.4 is 0 Å². The third kappa shape index (κ3) is 35.4. The first kappa shape index (κ1) is 41.2. The van der Waals surface area contributed by atoms with E-state index in [1.54, 1.807) is 6.92 Å². The van der Waals surface area contributed by atoms with Gasteiger partial charge in [0.05, 0.1) is 6.61 Å². The normalized spacial score (nSPS) is 11.4. The molecule has 0 saturated carbocycles. The molecule has 0 aliphatic carbocycles. The van der Waals surface area contributed by atoms with Crippen molar-refractivity contribution < 1.29 is 9.53 Å². The van der Waals surface area contributed by atoms with Gasteiger partial charge in [-0.3, -0.25) is 0 Å². The zero-order valence-corrected chi connectivity index (χ0v) is 29.4. The van der Waals surface area contributed by atoms with E-state index in [1.807, 2.05) is 0 Å². The van der Waals surface area contributed by atoms with Gasteiger partial charge in [-0.2, -0.15) is 0 Å². The summed E-state index contributed by atoms with van der Waals surface area (Å²) in [5.74, 6) is 0.640. The highest BCUT2D eigenvalue weighted by Crippen LogP contribution is 2.17. The van der Waals surface area contributed by atoms with Crippen LogP contribution in [0.2, 0.25) is 0 Å². The van der Waals surface area contributed by atoms with Crippen LogP contribution in [0.4, 0.5) is 0 Å². The van der Waals surface area contributed by atoms with E-state index in [4.69, 9.17) is 4.74 Å². The van der Waals surface area contributed by atoms with Crippen molar-refractivity contribution in [1.82, 2.24) is 0 Å². The van der Waals surface area contributed by atoms with Crippen molar-refractivity contribution in [2.75, 3.05) is 6.61 Å². The van der Waals surface area contributed by atoms with Crippen LogP contribution in [0.15, 0.2) is 12.2 Å². The minimum atomic E-state index is -0.249. The quantitative estimate of drug-likeness (QED) is 0.0417. The van der Waals surface area contributed by atoms with Gasteiger partial charge in [-0.25, -0.2) is 4.79 Å². The Bertz CT molecular complexity index is 552. The first-order chi connectivity index (χ1) is 20.5. The van der Waals surface area contributed by atoms with Gasteiger partial charge < -0.3 is 4.74 Å². The van der Waals surface area contributed by atoms with Crippen LogP contribution in [-0.4, -0.2) is 12.6 Å². The lowest BCUT2D eigenvalue weighted by Gasteiger charge is -2.05. The average Bonchev–Trinajstić information content (AvgIpc) is 2.97. The molecule has 42 heavy (non-hydrogen) atoms. The molecule has 0 aromatic heterocycles. The molecule has 0 radical (unpaired) electrons. The predicted molar refractivity (Wildman–Crippen MR) is 188 cm³/mol. The molecule has 0 N–H and O–H groups in total. The third-order valence-corrected chi connectivity index (χ3v) is 9.01. The zero-order chi connectivity index (χ0) is 30.8. The van der Waals surface area contributed by atoms with Gasteiger partial charge in [-0.15, -0.1) is 0 Å². The number of hydrogen-bond acceptors (Lipinski definition) is 2. The first-order valence-corrected chi connectivity index (χ1v) is 19.4. The summed E-state index contributed by atoms with van der Waals surface area (Å²) in [6.07, 6.45) is 45.6. The topological polar surface area (TPSA) is 26.3 Å². The molecular formula is C40H78O2. The minimum absolute atomic E-state index is 0.249. The SMILES string of the molecule is C=C(C)C(=O)OCCCCCCCCCCCCCCCCCCCCCCCCCCCCCCCCCC(C)C. The van der Waals surface area contributed by atoms with E-state index < -0.39 is 0 Å². The monoisotopic (exact) mass is 591 g/mol. The van der Waals surface area contributed by atoms with Crippen molar-refractivity contribution in [2.45, 2.75) is 226 Å². The highest BCUT2D eigenvalue weighted by molar-refractivity contribution is 5.86. The standard InChI is InChI=1S/C40H78O2/c1-38(2)36-34-32-30-28-26-24-22-20-18-16-14-12-10-8-6-5-7-9-11-13-15-17-19-21-23-25-27-29-31-33-35-37-42-40(41)39(3)4/h38H,3,5-37H2,1-2,4H3. The van der Waals surface area contributed by atoms with E-state index >= 15 is 0 Å². The molecule has 0 bridgehead atoms. The molecule has 0 rings (SSSR count). The maximum absolute atomic E-state index is 11.3. The molecule has 0 saturated heterocycles. The summed E-state index contributed by atoms with van der Waals surface area (Å²) in [5, 5.41) is 0. The third-order valence-electron chi connectivity index (χ3n) is 9.01. The summed E-state index contributed by atoms with van der Waals surface area (Å²) in [6.45, 7) is 10.5. The lowest BCUT2D eigenvalue weighted by Crippen LogP contribution is -2.05. The van der Waals surface area contributed by atoms with E-state index in [1.165, 1.54) is 199 Å². The summed E-state index contributed by atoms with van der Waals surface area (Å²) in [5.41, 5.74) is 0.496. The zero-order valence-electron chi connectivity index (χ0n) is 29.4. The Morgan fingerprint density at radius 3 is 0.857 bits per heavy atom. The molecule has 0 unspecified atom stereocenters. The Balaban J connectivity index is 3.07. The molecule has 0 spiro atoms. The molecule has 0 aromatic rings. The fourth-order valence-electron chi connectivity index (χ4n) is 6.07. The molecule has 2 heteroatoms. The van der Waals surface area contributed by atoms with E-state index in [0.717, 1.165) is 12.3 Å². The number of carbonyl (C=O) groups excluding carboxylic acids is 1. The van der Waals surface area contributed by atoms with Crippen molar-refractivity contribution in [3.63, 3.8) is 0 Å². The highest BCUT2D eigenvalue weighted by Gasteiger charge is 2.02. The smallest absolute Gasteiger partial charge is 0.333 e. The van der Waals surface area contributed by atoms with Crippen molar-refractivity contribution in [2.24, 2.45) is 5.92 Å². The van der Waals surface area contributed by atoms with E-state index in [-0.39, 0.29) is 5.97 Å². The molecule has 0 fully saturated rings. The summed E-state index contributed by atoms with van der Waals surface area (Å²) in [4.78, 5) is 11.3. The number of rotatable bonds is 35. The number of carbonyl (C=O) groups is 1. The Kier molecular flexibility index (Phi) is 34.0. The number of ether oxygens (including phenoxy) is 1. The number of esters is 1. The van der Waals surface area contributed by atoms with Crippen molar-refractivity contribution in [3.8, 4) is 0 Å². The largest absolute Gasteiger partial charge is 0.462 e. The van der Waals surface area contributed by atoms with Crippen LogP contribution >= 0.6 is 0 Å². The lowest BCUT2D eigenvalue weighted by atomic mass is 10.0. The van der Waals surface area contributed by atoms with Gasteiger partial charge in [0, 0.05) is 5.57 Å². The van der Waals surface area contributed by atoms with E-state index in [0.29, 0.717) is 12.2 Å². The molecule has 0 aliphatic heterocycles. The van der Waals surface area contributed by atoms with Gasteiger partial charge >= 0.3 is 5.97 Å². The van der Waals surface area contributed by atoms with Gasteiger partial charge in [0.1, 0.15) is 0 Å². The van der Waals surface area contributed by atoms with Gasteiger partial charge in [-0.1, -0.05) is 219 Å². The molecule has 2 nitrogen and oxygen atoms in total. The van der Waals surface area contributed by atoms with Crippen molar-refractivity contribution >= 4 is 5.97 Å². The molecule has 0 aromatic carbocycles. The Labute approximate surface area is 266 Å². The van der Waals surface area contributed by atoms with Crippen LogP contribution in [-0.2, 0) is 9.53 Å². The molecular weight excluding hydrogens is 512 g/mol. The van der Waals surface area contributed by atoms with Crippen LogP contribution in [0.3, 0.4) is 0 Å². The highest BCUT2D eigenvalue weighted by atomic mass is 16.5. The number of unbranched alkanes of at least 4 members (excludes halogenated alkanes) is 30.